The molecule has 0 unspecified atom stereocenters. The van der Waals surface area contributed by atoms with Crippen LogP contribution in [-0.2, 0) is 4.74 Å². The molecule has 54 valence electrons. The fourth-order valence-electron chi connectivity index (χ4n) is 1.02. The Kier molecular flexibility index (Phi) is 1.23. The van der Waals surface area contributed by atoms with Gasteiger partial charge in [0.15, 0.2) is 0 Å². The van der Waals surface area contributed by atoms with E-state index in [9.17, 15) is 0 Å². The van der Waals surface area contributed by atoms with Gasteiger partial charge in [-0.1, -0.05) is 0 Å². The van der Waals surface area contributed by atoms with Crippen LogP contribution in [0.2, 0.25) is 0 Å². The highest BCUT2D eigenvalue weighted by Gasteiger charge is 2.13. The average Bonchev–Trinajstić information content (AvgIpc) is 2.05. The highest BCUT2D eigenvalue weighted by molar-refractivity contribution is 5.59. The minimum atomic E-state index is 0.711. The third kappa shape index (κ3) is 0.814. The van der Waals surface area contributed by atoms with Crippen LogP contribution in [-0.4, -0.2) is 26.0 Å². The molecule has 0 aromatic rings. The predicted molar refractivity (Wildman–Crippen MR) is 37.5 cm³/mol. The van der Waals surface area contributed by atoms with Gasteiger partial charge in [-0.05, 0) is 0 Å². The Labute approximate surface area is 59.0 Å². The summed E-state index contributed by atoms with van der Waals surface area (Å²) >= 11 is 0. The second-order valence-electron chi connectivity index (χ2n) is 2.20. The van der Waals surface area contributed by atoms with Gasteiger partial charge in [-0.2, -0.15) is 0 Å². The quantitative estimate of drug-likeness (QED) is 0.471. The normalized spacial score (nSPS) is 22.4. The monoisotopic (exact) mass is 139 g/mol. The van der Waals surface area contributed by atoms with Crippen molar-refractivity contribution >= 4 is 6.34 Å². The molecule has 0 bridgehead atoms. The SMILES string of the molecule is C1=NCC2=C(N1)OCCN2. The Bertz CT molecular complexity index is 177. The fraction of sp³-hybridized carbons (Fsp3) is 0.500. The lowest BCUT2D eigenvalue weighted by Crippen LogP contribution is -2.35. The second kappa shape index (κ2) is 2.21. The summed E-state index contributed by atoms with van der Waals surface area (Å²) in [6, 6.07) is 0. The smallest absolute Gasteiger partial charge is 0.213 e. The molecule has 0 radical (unpaired) electrons. The lowest BCUT2D eigenvalue weighted by molar-refractivity contribution is 0.178. The van der Waals surface area contributed by atoms with E-state index in [2.05, 4.69) is 15.6 Å². The van der Waals surface area contributed by atoms with Crippen LogP contribution in [0.3, 0.4) is 0 Å². The van der Waals surface area contributed by atoms with Gasteiger partial charge < -0.3 is 15.4 Å². The molecule has 2 heterocycles. The maximum atomic E-state index is 5.30. The van der Waals surface area contributed by atoms with Crippen molar-refractivity contribution in [2.24, 2.45) is 4.99 Å². The Hall–Kier alpha value is -1.19. The molecule has 0 spiro atoms. The molecule has 2 N–H and O–H groups in total. The van der Waals surface area contributed by atoms with Gasteiger partial charge in [-0.3, -0.25) is 4.99 Å². The lowest BCUT2D eigenvalue weighted by atomic mass is 10.3. The Balaban J connectivity index is 2.17. The second-order valence-corrected chi connectivity index (χ2v) is 2.20. The van der Waals surface area contributed by atoms with Crippen molar-refractivity contribution in [2.45, 2.75) is 0 Å². The van der Waals surface area contributed by atoms with Crippen molar-refractivity contribution in [3.8, 4) is 0 Å². The summed E-state index contributed by atoms with van der Waals surface area (Å²) in [6.45, 7) is 2.33. The Morgan fingerprint density at radius 1 is 1.60 bits per heavy atom. The van der Waals surface area contributed by atoms with E-state index < -0.39 is 0 Å². The number of aliphatic imine (C=N–C) groups is 1. The summed E-state index contributed by atoms with van der Waals surface area (Å²) in [6.07, 6.45) is 1.66. The number of ether oxygens (including phenoxy) is 1. The summed E-state index contributed by atoms with van der Waals surface area (Å²) < 4.78 is 5.30. The number of hydrogen-bond donors (Lipinski definition) is 2. The van der Waals surface area contributed by atoms with E-state index in [1.807, 2.05) is 0 Å². The summed E-state index contributed by atoms with van der Waals surface area (Å²) in [7, 11) is 0. The first-order chi connectivity index (χ1) is 4.97. The molecule has 0 aromatic heterocycles. The average molecular weight is 139 g/mol. The van der Waals surface area contributed by atoms with Crippen LogP contribution in [0.4, 0.5) is 0 Å². The molecule has 0 saturated carbocycles. The van der Waals surface area contributed by atoms with Gasteiger partial charge >= 0.3 is 0 Å². The molecule has 0 amide bonds. The Morgan fingerprint density at radius 3 is 3.50 bits per heavy atom. The van der Waals surface area contributed by atoms with Gasteiger partial charge in [-0.25, -0.2) is 0 Å². The summed E-state index contributed by atoms with van der Waals surface area (Å²) in [4.78, 5) is 4.02. The molecule has 0 aromatic carbocycles. The van der Waals surface area contributed by atoms with Crippen molar-refractivity contribution in [1.29, 1.82) is 0 Å². The third-order valence-electron chi connectivity index (χ3n) is 1.50. The summed E-state index contributed by atoms with van der Waals surface area (Å²) in [5.74, 6) is 0.834. The zero-order valence-corrected chi connectivity index (χ0v) is 5.55. The van der Waals surface area contributed by atoms with E-state index in [0.717, 1.165) is 24.7 Å². The maximum Gasteiger partial charge on any atom is 0.213 e. The summed E-state index contributed by atoms with van der Waals surface area (Å²) in [5.41, 5.74) is 1.06. The van der Waals surface area contributed by atoms with Crippen molar-refractivity contribution in [3.63, 3.8) is 0 Å². The molecular formula is C6H9N3O. The maximum absolute atomic E-state index is 5.30. The molecule has 0 aliphatic carbocycles. The molecule has 2 aliphatic rings. The first kappa shape index (κ1) is 5.58. The molecule has 0 fully saturated rings. The van der Waals surface area contributed by atoms with Crippen LogP contribution >= 0.6 is 0 Å². The van der Waals surface area contributed by atoms with Gasteiger partial charge in [0, 0.05) is 6.54 Å². The van der Waals surface area contributed by atoms with Crippen LogP contribution in [0.15, 0.2) is 16.6 Å². The number of nitrogens with one attached hydrogen (secondary N) is 2. The number of rotatable bonds is 0. The van der Waals surface area contributed by atoms with E-state index in [4.69, 9.17) is 4.74 Å². The lowest BCUT2D eigenvalue weighted by Gasteiger charge is -2.23. The first-order valence-corrected chi connectivity index (χ1v) is 3.31. The minimum absolute atomic E-state index is 0.711. The molecule has 2 aliphatic heterocycles. The number of nitrogens with zero attached hydrogens (tertiary/aromatic N) is 1. The molecule has 10 heavy (non-hydrogen) atoms. The van der Waals surface area contributed by atoms with Crippen LogP contribution < -0.4 is 10.6 Å². The van der Waals surface area contributed by atoms with Crippen molar-refractivity contribution in [3.05, 3.63) is 11.6 Å². The predicted octanol–water partition coefficient (Wildman–Crippen LogP) is -0.593. The van der Waals surface area contributed by atoms with Gasteiger partial charge in [0.25, 0.3) is 0 Å². The van der Waals surface area contributed by atoms with E-state index >= 15 is 0 Å². The van der Waals surface area contributed by atoms with Crippen LogP contribution in [0.1, 0.15) is 0 Å². The molecule has 4 nitrogen and oxygen atoms in total. The standard InChI is InChI=1S/C6H9N3O/c1-2-10-6-5(8-1)3-7-4-9-6/h4,8H,1-3H2,(H,7,9). The van der Waals surface area contributed by atoms with Gasteiger partial charge in [0.05, 0.1) is 18.6 Å². The molecule has 2 rings (SSSR count). The highest BCUT2D eigenvalue weighted by atomic mass is 16.5. The fourth-order valence-corrected chi connectivity index (χ4v) is 1.02. The van der Waals surface area contributed by atoms with Gasteiger partial charge in [0.2, 0.25) is 5.88 Å². The van der Waals surface area contributed by atoms with Crippen molar-refractivity contribution in [2.75, 3.05) is 19.7 Å². The van der Waals surface area contributed by atoms with Crippen molar-refractivity contribution < 1.29 is 4.74 Å². The van der Waals surface area contributed by atoms with E-state index in [1.54, 1.807) is 6.34 Å². The topological polar surface area (TPSA) is 45.7 Å². The molecule has 4 heteroatoms. The van der Waals surface area contributed by atoms with E-state index in [-0.39, 0.29) is 0 Å². The molecule has 0 saturated heterocycles. The Morgan fingerprint density at radius 2 is 2.60 bits per heavy atom. The van der Waals surface area contributed by atoms with Crippen molar-refractivity contribution in [1.82, 2.24) is 10.6 Å². The van der Waals surface area contributed by atoms with Gasteiger partial charge in [0.1, 0.15) is 6.61 Å². The molecule has 0 atom stereocenters. The minimum Gasteiger partial charge on any atom is -0.476 e. The summed E-state index contributed by atoms with van der Waals surface area (Å²) in [5, 5.41) is 6.12. The zero-order valence-electron chi connectivity index (χ0n) is 5.55. The zero-order chi connectivity index (χ0) is 6.81. The largest absolute Gasteiger partial charge is 0.476 e. The van der Waals surface area contributed by atoms with Crippen LogP contribution in [0, 0.1) is 0 Å². The van der Waals surface area contributed by atoms with Crippen LogP contribution in [0.25, 0.3) is 0 Å². The highest BCUT2D eigenvalue weighted by Crippen LogP contribution is 2.06. The number of hydrogen-bond acceptors (Lipinski definition) is 4. The van der Waals surface area contributed by atoms with Gasteiger partial charge in [-0.15, -0.1) is 0 Å². The van der Waals surface area contributed by atoms with Crippen LogP contribution in [0.5, 0.6) is 0 Å². The van der Waals surface area contributed by atoms with E-state index in [0.29, 0.717) is 6.54 Å². The first-order valence-electron chi connectivity index (χ1n) is 3.31. The third-order valence-corrected chi connectivity index (χ3v) is 1.50. The molecular weight excluding hydrogens is 130 g/mol. The van der Waals surface area contributed by atoms with E-state index in [1.165, 1.54) is 0 Å².